The number of rotatable bonds is 3. The number of nitrogens with zero attached hydrogens (tertiary/aromatic N) is 3. The number of benzene rings is 1. The van der Waals surface area contributed by atoms with Crippen LogP contribution >= 0.6 is 12.2 Å². The van der Waals surface area contributed by atoms with Gasteiger partial charge in [0.05, 0.1) is 17.8 Å². The number of pyridine rings is 1. The van der Waals surface area contributed by atoms with Crippen molar-refractivity contribution in [2.24, 2.45) is 7.05 Å². The van der Waals surface area contributed by atoms with E-state index in [1.807, 2.05) is 60.4 Å². The molecular formula is C20H18N4O2S. The van der Waals surface area contributed by atoms with E-state index in [9.17, 15) is 0 Å². The minimum absolute atomic E-state index is 0.0195. The van der Waals surface area contributed by atoms with Gasteiger partial charge in [-0.25, -0.2) is 0 Å². The Morgan fingerprint density at radius 3 is 2.81 bits per heavy atom. The molecule has 2 aliphatic rings. The fraction of sp³-hybridized carbons (Fsp3) is 0.200. The molecule has 1 saturated heterocycles. The van der Waals surface area contributed by atoms with Gasteiger partial charge in [-0.3, -0.25) is 4.98 Å². The van der Waals surface area contributed by atoms with Crippen LogP contribution in [0.15, 0.2) is 61.1 Å². The van der Waals surface area contributed by atoms with E-state index < -0.39 is 0 Å². The van der Waals surface area contributed by atoms with Crippen LogP contribution in [-0.4, -0.2) is 21.5 Å². The van der Waals surface area contributed by atoms with Gasteiger partial charge in [0.2, 0.25) is 6.79 Å². The molecule has 1 N–H and O–H groups in total. The number of hydrogen-bond acceptors (Lipinski definition) is 4. The number of ether oxygens (including phenoxy) is 2. The molecule has 3 aromatic rings. The van der Waals surface area contributed by atoms with Crippen molar-refractivity contribution in [3.05, 3.63) is 72.3 Å². The fourth-order valence-corrected chi connectivity index (χ4v) is 4.05. The molecule has 1 aromatic carbocycles. The van der Waals surface area contributed by atoms with Gasteiger partial charge in [-0.05, 0) is 48.1 Å². The zero-order chi connectivity index (χ0) is 18.4. The van der Waals surface area contributed by atoms with Crippen molar-refractivity contribution >= 4 is 23.0 Å². The number of anilines is 1. The SMILES string of the molecule is Cn1ccc(C2C(c3ccccn3)NC(=S)N2c2ccc3c(c2)OCO3)c1. The number of nitrogens with one attached hydrogen (secondary N) is 1. The molecule has 0 spiro atoms. The van der Waals surface area contributed by atoms with E-state index in [1.165, 1.54) is 0 Å². The lowest BCUT2D eigenvalue weighted by Crippen LogP contribution is -2.29. The molecule has 136 valence electrons. The number of hydrogen-bond donors (Lipinski definition) is 1. The summed E-state index contributed by atoms with van der Waals surface area (Å²) in [6, 6.07) is 13.9. The van der Waals surface area contributed by atoms with Crippen molar-refractivity contribution in [3.63, 3.8) is 0 Å². The van der Waals surface area contributed by atoms with E-state index in [-0.39, 0.29) is 18.9 Å². The summed E-state index contributed by atoms with van der Waals surface area (Å²) in [6.45, 7) is 0.250. The van der Waals surface area contributed by atoms with Crippen molar-refractivity contribution in [1.29, 1.82) is 0 Å². The minimum atomic E-state index is -0.0495. The van der Waals surface area contributed by atoms with Crippen LogP contribution in [0.25, 0.3) is 0 Å². The van der Waals surface area contributed by atoms with E-state index in [2.05, 4.69) is 27.5 Å². The van der Waals surface area contributed by atoms with Crippen LogP contribution in [0.5, 0.6) is 11.5 Å². The molecule has 2 atom stereocenters. The van der Waals surface area contributed by atoms with Crippen molar-refractivity contribution in [2.45, 2.75) is 12.1 Å². The molecule has 6 nitrogen and oxygen atoms in total. The van der Waals surface area contributed by atoms with Crippen LogP contribution in [0.1, 0.15) is 23.3 Å². The normalized spacial score (nSPS) is 20.8. The van der Waals surface area contributed by atoms with E-state index in [1.54, 1.807) is 0 Å². The molecule has 2 aliphatic heterocycles. The highest BCUT2D eigenvalue weighted by Gasteiger charge is 2.41. The minimum Gasteiger partial charge on any atom is -0.454 e. The molecule has 0 amide bonds. The smallest absolute Gasteiger partial charge is 0.231 e. The van der Waals surface area contributed by atoms with Gasteiger partial charge in [-0.2, -0.15) is 0 Å². The van der Waals surface area contributed by atoms with Gasteiger partial charge in [0, 0.05) is 37.4 Å². The average molecular weight is 378 g/mol. The predicted octanol–water partition coefficient (Wildman–Crippen LogP) is 3.33. The summed E-state index contributed by atoms with van der Waals surface area (Å²) in [5.41, 5.74) is 3.08. The van der Waals surface area contributed by atoms with Gasteiger partial charge in [0.15, 0.2) is 16.6 Å². The zero-order valence-corrected chi connectivity index (χ0v) is 15.5. The summed E-state index contributed by atoms with van der Waals surface area (Å²) in [7, 11) is 2.02. The first-order valence-corrected chi connectivity index (χ1v) is 9.14. The Hall–Kier alpha value is -3.06. The van der Waals surface area contributed by atoms with Crippen LogP contribution in [-0.2, 0) is 7.05 Å². The highest BCUT2D eigenvalue weighted by Crippen LogP contribution is 2.44. The highest BCUT2D eigenvalue weighted by molar-refractivity contribution is 7.80. The quantitative estimate of drug-likeness (QED) is 0.706. The maximum atomic E-state index is 5.72. The van der Waals surface area contributed by atoms with Crippen molar-refractivity contribution in [1.82, 2.24) is 14.9 Å². The Bertz CT molecular complexity index is 1000. The van der Waals surface area contributed by atoms with Crippen molar-refractivity contribution < 1.29 is 9.47 Å². The standard InChI is InChI=1S/C20H18N4O2S/c1-23-9-7-13(11-23)19-18(15-4-2-3-8-21-15)22-20(27)24(19)14-5-6-16-17(10-14)26-12-25-16/h2-11,18-19H,12H2,1H3,(H,22,27). The largest absolute Gasteiger partial charge is 0.454 e. The molecule has 2 aromatic heterocycles. The second-order valence-electron chi connectivity index (χ2n) is 6.64. The third-order valence-electron chi connectivity index (χ3n) is 4.93. The third-order valence-corrected chi connectivity index (χ3v) is 5.24. The lowest BCUT2D eigenvalue weighted by Gasteiger charge is -2.27. The molecule has 4 heterocycles. The summed E-state index contributed by atoms with van der Waals surface area (Å²) in [5, 5.41) is 4.12. The maximum Gasteiger partial charge on any atom is 0.231 e. The zero-order valence-electron chi connectivity index (χ0n) is 14.7. The molecule has 2 unspecified atom stereocenters. The molecule has 0 radical (unpaired) electrons. The third kappa shape index (κ3) is 2.71. The molecule has 5 rings (SSSR count). The van der Waals surface area contributed by atoms with Gasteiger partial charge < -0.3 is 24.3 Å². The molecule has 7 heteroatoms. The molecule has 0 saturated carbocycles. The van der Waals surface area contributed by atoms with Gasteiger partial charge >= 0.3 is 0 Å². The van der Waals surface area contributed by atoms with Crippen LogP contribution in [0.3, 0.4) is 0 Å². The van der Waals surface area contributed by atoms with Crippen molar-refractivity contribution in [2.75, 3.05) is 11.7 Å². The molecular weight excluding hydrogens is 360 g/mol. The number of fused-ring (bicyclic) bond motifs is 1. The molecule has 0 bridgehead atoms. The number of aryl methyl sites for hydroxylation is 1. The molecule has 0 aliphatic carbocycles. The molecule has 1 fully saturated rings. The second kappa shape index (κ2) is 6.28. The topological polar surface area (TPSA) is 51.6 Å². The highest BCUT2D eigenvalue weighted by atomic mass is 32.1. The van der Waals surface area contributed by atoms with Crippen molar-refractivity contribution in [3.8, 4) is 11.5 Å². The Morgan fingerprint density at radius 1 is 1.15 bits per heavy atom. The first kappa shape index (κ1) is 16.1. The monoisotopic (exact) mass is 378 g/mol. The summed E-state index contributed by atoms with van der Waals surface area (Å²) in [4.78, 5) is 6.69. The van der Waals surface area contributed by atoms with E-state index in [4.69, 9.17) is 21.7 Å². The van der Waals surface area contributed by atoms with Gasteiger partial charge in [-0.15, -0.1) is 0 Å². The van der Waals surface area contributed by atoms with Gasteiger partial charge in [0.1, 0.15) is 0 Å². The van der Waals surface area contributed by atoms with Crippen LogP contribution in [0, 0.1) is 0 Å². The fourth-order valence-electron chi connectivity index (χ4n) is 3.71. The number of thiocarbonyl (C=S) groups is 1. The summed E-state index contributed by atoms with van der Waals surface area (Å²) < 4.78 is 13.1. The Kier molecular flexibility index (Phi) is 3.75. The first-order valence-electron chi connectivity index (χ1n) is 8.73. The number of aromatic nitrogens is 2. The van der Waals surface area contributed by atoms with Crippen LogP contribution < -0.4 is 19.7 Å². The van der Waals surface area contributed by atoms with Crippen LogP contribution in [0.2, 0.25) is 0 Å². The lowest BCUT2D eigenvalue weighted by atomic mass is 9.98. The lowest BCUT2D eigenvalue weighted by molar-refractivity contribution is 0.174. The summed E-state index contributed by atoms with van der Waals surface area (Å²) >= 11 is 5.72. The Balaban J connectivity index is 1.61. The first-order chi connectivity index (χ1) is 13.2. The molecule has 27 heavy (non-hydrogen) atoms. The van der Waals surface area contributed by atoms with E-state index in [0.29, 0.717) is 5.11 Å². The van der Waals surface area contributed by atoms with E-state index >= 15 is 0 Å². The predicted molar refractivity (Wildman–Crippen MR) is 106 cm³/mol. The second-order valence-corrected chi connectivity index (χ2v) is 7.03. The average Bonchev–Trinajstić information content (AvgIpc) is 3.39. The van der Waals surface area contributed by atoms with Crippen LogP contribution in [0.4, 0.5) is 5.69 Å². The summed E-state index contributed by atoms with van der Waals surface area (Å²) in [5.74, 6) is 1.50. The Morgan fingerprint density at radius 2 is 2.04 bits per heavy atom. The maximum absolute atomic E-state index is 5.72. The Labute approximate surface area is 162 Å². The van der Waals surface area contributed by atoms with Gasteiger partial charge in [-0.1, -0.05) is 6.07 Å². The van der Waals surface area contributed by atoms with E-state index in [0.717, 1.165) is 28.4 Å². The van der Waals surface area contributed by atoms with Gasteiger partial charge in [0.25, 0.3) is 0 Å². The summed E-state index contributed by atoms with van der Waals surface area (Å²) in [6.07, 6.45) is 5.98.